The summed E-state index contributed by atoms with van der Waals surface area (Å²) in [5.41, 5.74) is -0.164. The van der Waals surface area contributed by atoms with E-state index in [2.05, 4.69) is 6.92 Å². The molecule has 11 heavy (non-hydrogen) atoms. The second-order valence-corrected chi connectivity index (χ2v) is 3.90. The highest BCUT2D eigenvalue weighted by molar-refractivity contribution is 6.19. The average molecular weight is 175 g/mol. The van der Waals surface area contributed by atoms with Crippen LogP contribution in [-0.4, -0.2) is 12.2 Å². The maximum absolute atomic E-state index is 10.7. The van der Waals surface area contributed by atoms with Crippen molar-refractivity contribution in [2.24, 2.45) is 11.3 Å². The topological polar surface area (TPSA) is 17.1 Å². The molecular weight excluding hydrogens is 160 g/mol. The van der Waals surface area contributed by atoms with Crippen LogP contribution in [0.5, 0.6) is 0 Å². The fourth-order valence-electron chi connectivity index (χ4n) is 1.88. The van der Waals surface area contributed by atoms with E-state index in [0.717, 1.165) is 25.0 Å². The summed E-state index contributed by atoms with van der Waals surface area (Å²) in [6.07, 6.45) is 5.44. The van der Waals surface area contributed by atoms with Gasteiger partial charge in [-0.1, -0.05) is 13.3 Å². The first-order valence-electron chi connectivity index (χ1n) is 4.28. The molecule has 2 heteroatoms. The Morgan fingerprint density at radius 1 is 1.73 bits per heavy atom. The Kier molecular flexibility index (Phi) is 2.94. The molecule has 2 atom stereocenters. The first-order valence-corrected chi connectivity index (χ1v) is 4.82. The minimum atomic E-state index is -0.164. The molecule has 64 valence electrons. The van der Waals surface area contributed by atoms with Crippen molar-refractivity contribution in [3.05, 3.63) is 0 Å². The van der Waals surface area contributed by atoms with Crippen LogP contribution in [0.3, 0.4) is 0 Å². The van der Waals surface area contributed by atoms with Gasteiger partial charge in [-0.3, -0.25) is 0 Å². The largest absolute Gasteiger partial charge is 0.303 e. The van der Waals surface area contributed by atoms with Crippen LogP contribution in [0.25, 0.3) is 0 Å². The Morgan fingerprint density at radius 3 is 2.73 bits per heavy atom. The molecule has 1 fully saturated rings. The van der Waals surface area contributed by atoms with Crippen molar-refractivity contribution in [1.29, 1.82) is 0 Å². The Hall–Kier alpha value is -0.0400. The van der Waals surface area contributed by atoms with E-state index in [9.17, 15) is 4.79 Å². The van der Waals surface area contributed by atoms with Crippen LogP contribution in [-0.2, 0) is 4.79 Å². The van der Waals surface area contributed by atoms with E-state index in [-0.39, 0.29) is 5.41 Å². The van der Waals surface area contributed by atoms with Gasteiger partial charge in [0, 0.05) is 11.3 Å². The van der Waals surface area contributed by atoms with Gasteiger partial charge in [-0.05, 0) is 25.2 Å². The molecule has 0 aromatic rings. The van der Waals surface area contributed by atoms with E-state index in [1.54, 1.807) is 0 Å². The number of alkyl halides is 1. The molecule has 0 aromatic carbocycles. The molecule has 1 aliphatic carbocycles. The zero-order chi connectivity index (χ0) is 8.32. The summed E-state index contributed by atoms with van der Waals surface area (Å²) < 4.78 is 0. The SMILES string of the molecule is CCC1CCC(C=O)(CCl)C1. The normalized spacial score (nSPS) is 37.5. The number of aldehydes is 1. The number of hydrogen-bond donors (Lipinski definition) is 0. The van der Waals surface area contributed by atoms with E-state index in [4.69, 9.17) is 11.6 Å². The monoisotopic (exact) mass is 174 g/mol. The molecule has 0 N–H and O–H groups in total. The zero-order valence-electron chi connectivity index (χ0n) is 6.98. The molecule has 0 aromatic heterocycles. The van der Waals surface area contributed by atoms with Gasteiger partial charge in [-0.25, -0.2) is 0 Å². The minimum Gasteiger partial charge on any atom is -0.303 e. The number of halogens is 1. The fraction of sp³-hybridized carbons (Fsp3) is 0.889. The quantitative estimate of drug-likeness (QED) is 0.475. The molecule has 2 unspecified atom stereocenters. The summed E-state index contributed by atoms with van der Waals surface area (Å²) in [7, 11) is 0. The molecule has 0 saturated heterocycles. The van der Waals surface area contributed by atoms with Gasteiger partial charge >= 0.3 is 0 Å². The molecular formula is C9H15ClO. The first kappa shape index (κ1) is 9.05. The Bertz CT molecular complexity index is 146. The third-order valence-electron chi connectivity index (χ3n) is 2.84. The second kappa shape index (κ2) is 3.57. The second-order valence-electron chi connectivity index (χ2n) is 3.63. The van der Waals surface area contributed by atoms with Crippen molar-refractivity contribution in [1.82, 2.24) is 0 Å². The van der Waals surface area contributed by atoms with Crippen LogP contribution in [0.2, 0.25) is 0 Å². The molecule has 1 aliphatic rings. The van der Waals surface area contributed by atoms with Gasteiger partial charge < -0.3 is 4.79 Å². The summed E-state index contributed by atoms with van der Waals surface area (Å²) in [5.74, 6) is 1.24. The predicted molar refractivity (Wildman–Crippen MR) is 46.8 cm³/mol. The van der Waals surface area contributed by atoms with Crippen molar-refractivity contribution >= 4 is 17.9 Å². The molecule has 1 rings (SSSR count). The van der Waals surface area contributed by atoms with Gasteiger partial charge in [-0.15, -0.1) is 11.6 Å². The molecule has 1 nitrogen and oxygen atoms in total. The van der Waals surface area contributed by atoms with Crippen molar-refractivity contribution in [2.75, 3.05) is 5.88 Å². The van der Waals surface area contributed by atoms with Gasteiger partial charge in [-0.2, -0.15) is 0 Å². The molecule has 0 radical (unpaired) electrons. The van der Waals surface area contributed by atoms with Gasteiger partial charge in [0.2, 0.25) is 0 Å². The molecule has 0 heterocycles. The van der Waals surface area contributed by atoms with E-state index >= 15 is 0 Å². The lowest BCUT2D eigenvalue weighted by Gasteiger charge is -2.17. The summed E-state index contributed by atoms with van der Waals surface area (Å²) in [6, 6.07) is 0. The van der Waals surface area contributed by atoms with Crippen LogP contribution >= 0.6 is 11.6 Å². The lowest BCUT2D eigenvalue weighted by molar-refractivity contribution is -0.115. The van der Waals surface area contributed by atoms with E-state index in [1.807, 2.05) is 0 Å². The van der Waals surface area contributed by atoms with Gasteiger partial charge in [0.05, 0.1) is 0 Å². The first-order chi connectivity index (χ1) is 5.26. The van der Waals surface area contributed by atoms with Gasteiger partial charge in [0.15, 0.2) is 0 Å². The summed E-state index contributed by atoms with van der Waals surface area (Å²) in [4.78, 5) is 10.7. The van der Waals surface area contributed by atoms with Gasteiger partial charge in [0.1, 0.15) is 6.29 Å². The maximum Gasteiger partial charge on any atom is 0.127 e. The summed E-state index contributed by atoms with van der Waals surface area (Å²) in [5, 5.41) is 0. The Balaban J connectivity index is 2.54. The highest BCUT2D eigenvalue weighted by Gasteiger charge is 2.37. The standard InChI is InChI=1S/C9H15ClO/c1-2-8-3-4-9(5-8,6-10)7-11/h7-8H,2-6H2,1H3. The molecule has 1 saturated carbocycles. The molecule has 0 spiro atoms. The smallest absolute Gasteiger partial charge is 0.127 e. The number of hydrogen-bond acceptors (Lipinski definition) is 1. The van der Waals surface area contributed by atoms with Crippen molar-refractivity contribution in [3.8, 4) is 0 Å². The third kappa shape index (κ3) is 1.76. The predicted octanol–water partition coefficient (Wildman–Crippen LogP) is 2.62. The van der Waals surface area contributed by atoms with Crippen LogP contribution < -0.4 is 0 Å². The Morgan fingerprint density at radius 2 is 2.45 bits per heavy atom. The van der Waals surface area contributed by atoms with Crippen molar-refractivity contribution in [2.45, 2.75) is 32.6 Å². The van der Waals surface area contributed by atoms with Crippen LogP contribution in [0.15, 0.2) is 0 Å². The van der Waals surface area contributed by atoms with Crippen molar-refractivity contribution < 1.29 is 4.79 Å². The molecule has 0 bridgehead atoms. The van der Waals surface area contributed by atoms with E-state index in [1.165, 1.54) is 12.8 Å². The average Bonchev–Trinajstić information content (AvgIpc) is 2.49. The summed E-state index contributed by atoms with van der Waals surface area (Å²) in [6.45, 7) is 2.18. The number of rotatable bonds is 3. The highest BCUT2D eigenvalue weighted by Crippen LogP contribution is 2.42. The number of carbonyl (C=O) groups excluding carboxylic acids is 1. The van der Waals surface area contributed by atoms with E-state index in [0.29, 0.717) is 5.88 Å². The number of carbonyl (C=O) groups is 1. The summed E-state index contributed by atoms with van der Waals surface area (Å²) >= 11 is 5.76. The third-order valence-corrected chi connectivity index (χ3v) is 3.37. The van der Waals surface area contributed by atoms with Crippen LogP contribution in [0.1, 0.15) is 32.6 Å². The zero-order valence-corrected chi connectivity index (χ0v) is 7.73. The molecule has 0 aliphatic heterocycles. The van der Waals surface area contributed by atoms with Crippen LogP contribution in [0.4, 0.5) is 0 Å². The maximum atomic E-state index is 10.7. The lowest BCUT2D eigenvalue weighted by atomic mass is 9.89. The fourth-order valence-corrected chi connectivity index (χ4v) is 2.18. The van der Waals surface area contributed by atoms with Crippen molar-refractivity contribution in [3.63, 3.8) is 0 Å². The van der Waals surface area contributed by atoms with Crippen LogP contribution in [0, 0.1) is 11.3 Å². The lowest BCUT2D eigenvalue weighted by Crippen LogP contribution is -2.20. The highest BCUT2D eigenvalue weighted by atomic mass is 35.5. The van der Waals surface area contributed by atoms with E-state index < -0.39 is 0 Å². The minimum absolute atomic E-state index is 0.164. The molecule has 0 amide bonds. The Labute approximate surface area is 73.1 Å². The van der Waals surface area contributed by atoms with Gasteiger partial charge in [0.25, 0.3) is 0 Å².